The molecule has 0 unspecified atom stereocenters. The van der Waals surface area contributed by atoms with Gasteiger partial charge in [-0.3, -0.25) is 4.79 Å². The van der Waals surface area contributed by atoms with Crippen molar-refractivity contribution >= 4 is 17.4 Å². The maximum absolute atomic E-state index is 13.6. The van der Waals surface area contributed by atoms with Crippen molar-refractivity contribution in [1.82, 2.24) is 15.3 Å². The number of alkyl halides is 3. The largest absolute Gasteiger partial charge is 0.417 e. The fourth-order valence-electron chi connectivity index (χ4n) is 3.81. The predicted molar refractivity (Wildman–Crippen MR) is 120 cm³/mol. The van der Waals surface area contributed by atoms with Crippen molar-refractivity contribution in [2.45, 2.75) is 32.5 Å². The zero-order valence-corrected chi connectivity index (χ0v) is 17.9. The highest BCUT2D eigenvalue weighted by Crippen LogP contribution is 2.37. The molecule has 0 saturated heterocycles. The summed E-state index contributed by atoms with van der Waals surface area (Å²) in [7, 11) is 0. The van der Waals surface area contributed by atoms with Crippen molar-refractivity contribution in [2.75, 3.05) is 5.32 Å². The number of aromatic nitrogens is 2. The number of anilines is 1. The Labute approximate surface area is 189 Å². The van der Waals surface area contributed by atoms with Crippen LogP contribution in [0.25, 0.3) is 17.1 Å². The first-order valence-corrected chi connectivity index (χ1v) is 10.4. The average molecular weight is 450 g/mol. The number of nitrogens with zero attached hydrogens (tertiary/aromatic N) is 2. The number of rotatable bonds is 5. The van der Waals surface area contributed by atoms with Crippen LogP contribution in [-0.4, -0.2) is 15.9 Å². The Morgan fingerprint density at radius 2 is 1.88 bits per heavy atom. The first-order valence-electron chi connectivity index (χ1n) is 10.4. The summed E-state index contributed by atoms with van der Waals surface area (Å²) in [4.78, 5) is 20.8. The van der Waals surface area contributed by atoms with Crippen LogP contribution >= 0.6 is 0 Å². The standard InChI is InChI=1S/C25H21F3N4O/c1-3-15-9-5-6-10-16(15)20(4-2)30-24-18-14-29-22(33)13-21(18)31-23(32-24)17-11-7-8-12-19(17)25(26,27)28/h5-12H,2-3,13-14H2,1H3,(H,29,33)(H,30,31,32). The number of halogens is 3. The number of fused-ring (bicyclic) bond motifs is 1. The third kappa shape index (κ3) is 4.52. The number of hydrogen-bond donors (Lipinski definition) is 2. The Morgan fingerprint density at radius 1 is 1.15 bits per heavy atom. The van der Waals surface area contributed by atoms with Gasteiger partial charge in [0.05, 0.1) is 23.4 Å². The Kier molecular flexibility index (Phi) is 6.03. The lowest BCUT2D eigenvalue weighted by Gasteiger charge is -2.22. The van der Waals surface area contributed by atoms with Gasteiger partial charge in [-0.15, -0.1) is 5.73 Å². The summed E-state index contributed by atoms with van der Waals surface area (Å²) in [6, 6.07) is 12.8. The van der Waals surface area contributed by atoms with E-state index in [2.05, 4.69) is 32.9 Å². The fraction of sp³-hybridized carbons (Fsp3) is 0.200. The van der Waals surface area contributed by atoms with E-state index >= 15 is 0 Å². The highest BCUT2D eigenvalue weighted by Gasteiger charge is 2.34. The molecule has 1 aliphatic rings. The number of nitrogens with one attached hydrogen (secondary N) is 2. The molecule has 0 atom stereocenters. The van der Waals surface area contributed by atoms with Gasteiger partial charge in [-0.1, -0.05) is 56.0 Å². The summed E-state index contributed by atoms with van der Waals surface area (Å²) in [6.45, 7) is 5.96. The lowest BCUT2D eigenvalue weighted by Crippen LogP contribution is -2.32. The molecule has 0 spiro atoms. The molecule has 5 nitrogen and oxygen atoms in total. The number of aryl methyl sites for hydroxylation is 1. The highest BCUT2D eigenvalue weighted by atomic mass is 19.4. The van der Waals surface area contributed by atoms with E-state index in [0.29, 0.717) is 22.8 Å². The molecule has 1 aromatic heterocycles. The second-order valence-corrected chi connectivity index (χ2v) is 7.51. The average Bonchev–Trinajstić information content (AvgIpc) is 2.81. The number of carbonyl (C=O) groups is 1. The minimum atomic E-state index is -4.58. The third-order valence-electron chi connectivity index (χ3n) is 5.44. The number of hydrogen-bond acceptors (Lipinski definition) is 4. The van der Waals surface area contributed by atoms with Gasteiger partial charge in [-0.25, -0.2) is 9.97 Å². The molecule has 2 aromatic carbocycles. The van der Waals surface area contributed by atoms with Crippen molar-refractivity contribution < 1.29 is 18.0 Å². The van der Waals surface area contributed by atoms with Crippen LogP contribution < -0.4 is 10.6 Å². The van der Waals surface area contributed by atoms with E-state index in [1.807, 2.05) is 31.2 Å². The Bertz CT molecular complexity index is 1280. The van der Waals surface area contributed by atoms with Gasteiger partial charge in [0.25, 0.3) is 0 Å². The summed E-state index contributed by atoms with van der Waals surface area (Å²) in [5, 5.41) is 5.93. The van der Waals surface area contributed by atoms with E-state index < -0.39 is 11.7 Å². The quantitative estimate of drug-likeness (QED) is 0.529. The highest BCUT2D eigenvalue weighted by molar-refractivity contribution is 5.84. The Hall–Kier alpha value is -3.90. The molecular weight excluding hydrogens is 429 g/mol. The second kappa shape index (κ2) is 8.92. The van der Waals surface area contributed by atoms with Crippen molar-refractivity contribution in [3.8, 4) is 11.4 Å². The van der Waals surface area contributed by atoms with Gasteiger partial charge in [0.1, 0.15) is 5.82 Å². The lowest BCUT2D eigenvalue weighted by atomic mass is 10.0. The zero-order chi connectivity index (χ0) is 23.6. The topological polar surface area (TPSA) is 66.9 Å². The second-order valence-electron chi connectivity index (χ2n) is 7.51. The van der Waals surface area contributed by atoms with Crippen LogP contribution in [-0.2, 0) is 30.4 Å². The molecule has 0 fully saturated rings. The molecule has 1 aliphatic heterocycles. The first-order chi connectivity index (χ1) is 15.8. The van der Waals surface area contributed by atoms with E-state index in [0.717, 1.165) is 23.6 Å². The SMILES string of the molecule is C=C=C(Nc1nc(-c2ccccc2C(F)(F)F)nc2c1CNC(=O)C2)c1ccccc1CC. The molecule has 0 radical (unpaired) electrons. The molecule has 168 valence electrons. The molecule has 33 heavy (non-hydrogen) atoms. The Morgan fingerprint density at radius 3 is 2.61 bits per heavy atom. The number of carbonyl (C=O) groups excluding carboxylic acids is 1. The van der Waals surface area contributed by atoms with Crippen LogP contribution in [0.15, 0.2) is 60.8 Å². The van der Waals surface area contributed by atoms with Gasteiger partial charge in [-0.2, -0.15) is 13.2 Å². The van der Waals surface area contributed by atoms with Gasteiger partial charge >= 0.3 is 6.18 Å². The van der Waals surface area contributed by atoms with Crippen LogP contribution in [0, 0.1) is 0 Å². The maximum Gasteiger partial charge on any atom is 0.417 e. The van der Waals surface area contributed by atoms with Gasteiger partial charge in [0.15, 0.2) is 5.82 Å². The lowest BCUT2D eigenvalue weighted by molar-refractivity contribution is -0.137. The molecular formula is C25H21F3N4O. The van der Waals surface area contributed by atoms with Crippen LogP contribution in [0.5, 0.6) is 0 Å². The van der Waals surface area contributed by atoms with Crippen molar-refractivity contribution in [2.24, 2.45) is 0 Å². The monoisotopic (exact) mass is 450 g/mol. The van der Waals surface area contributed by atoms with Crippen molar-refractivity contribution in [3.63, 3.8) is 0 Å². The maximum atomic E-state index is 13.6. The number of benzene rings is 2. The normalized spacial score (nSPS) is 13.0. The predicted octanol–water partition coefficient (Wildman–Crippen LogP) is 5.14. The molecule has 0 aliphatic carbocycles. The van der Waals surface area contributed by atoms with Gasteiger partial charge in [0.2, 0.25) is 5.91 Å². The van der Waals surface area contributed by atoms with Crippen LogP contribution in [0.2, 0.25) is 0 Å². The minimum Gasteiger partial charge on any atom is -0.351 e. The van der Waals surface area contributed by atoms with E-state index in [1.165, 1.54) is 18.2 Å². The summed E-state index contributed by atoms with van der Waals surface area (Å²) >= 11 is 0. The molecule has 4 rings (SSSR count). The van der Waals surface area contributed by atoms with Gasteiger partial charge < -0.3 is 10.6 Å². The zero-order valence-electron chi connectivity index (χ0n) is 17.9. The van der Waals surface area contributed by atoms with Crippen LogP contribution in [0.4, 0.5) is 19.0 Å². The van der Waals surface area contributed by atoms with Crippen LogP contribution in [0.1, 0.15) is 34.9 Å². The minimum absolute atomic E-state index is 0.0492. The van der Waals surface area contributed by atoms with E-state index in [1.54, 1.807) is 0 Å². The molecule has 8 heteroatoms. The summed E-state index contributed by atoms with van der Waals surface area (Å²) < 4.78 is 40.9. The van der Waals surface area contributed by atoms with Gasteiger partial charge in [-0.05, 0) is 18.1 Å². The van der Waals surface area contributed by atoms with Crippen molar-refractivity contribution in [3.05, 3.63) is 88.8 Å². The first kappa shape index (κ1) is 22.3. The molecule has 2 heterocycles. The fourth-order valence-corrected chi connectivity index (χ4v) is 3.81. The summed E-state index contributed by atoms with van der Waals surface area (Å²) in [5.41, 5.74) is 5.34. The third-order valence-corrected chi connectivity index (χ3v) is 5.44. The number of amides is 1. The summed E-state index contributed by atoms with van der Waals surface area (Å²) in [5.74, 6) is -0.0480. The van der Waals surface area contributed by atoms with Crippen molar-refractivity contribution in [1.29, 1.82) is 0 Å². The molecule has 0 saturated carbocycles. The summed E-state index contributed by atoms with van der Waals surface area (Å²) in [6.07, 6.45) is -3.86. The molecule has 2 N–H and O–H groups in total. The smallest absolute Gasteiger partial charge is 0.351 e. The van der Waals surface area contributed by atoms with Crippen LogP contribution in [0.3, 0.4) is 0 Å². The van der Waals surface area contributed by atoms with E-state index in [4.69, 9.17) is 0 Å². The molecule has 0 bridgehead atoms. The molecule has 3 aromatic rings. The van der Waals surface area contributed by atoms with Gasteiger partial charge in [0, 0.05) is 23.2 Å². The van der Waals surface area contributed by atoms with E-state index in [9.17, 15) is 18.0 Å². The van der Waals surface area contributed by atoms with E-state index in [-0.39, 0.29) is 30.3 Å². The molecule has 1 amide bonds. The Balaban J connectivity index is 1.87.